The van der Waals surface area contributed by atoms with Gasteiger partial charge in [0.2, 0.25) is 0 Å². The van der Waals surface area contributed by atoms with Gasteiger partial charge in [-0.2, -0.15) is 0 Å². The largest absolute Gasteiger partial charge is 0.465 e. The molecule has 2 aromatic carbocycles. The number of esters is 2. The Kier molecular flexibility index (Phi) is 11.3. The van der Waals surface area contributed by atoms with Gasteiger partial charge in [-0.15, -0.1) is 0 Å². The van der Waals surface area contributed by atoms with E-state index in [4.69, 9.17) is 18.9 Å². The van der Waals surface area contributed by atoms with E-state index < -0.39 is 28.7 Å². The van der Waals surface area contributed by atoms with E-state index in [0.29, 0.717) is 35.1 Å². The molecule has 2 atom stereocenters. The fraction of sp³-hybridized carbons (Fsp3) is 0.294. The molecular weight excluding hydrogens is 578 g/mol. The molecule has 0 N–H and O–H groups in total. The number of carbonyl (C=O) groups is 2. The predicted molar refractivity (Wildman–Crippen MR) is 168 cm³/mol. The molecule has 0 spiro atoms. The highest BCUT2D eigenvalue weighted by atomic mass is 16.6. The second-order valence-corrected chi connectivity index (χ2v) is 10.4. The molecule has 4 rings (SSSR count). The van der Waals surface area contributed by atoms with Crippen LogP contribution in [0.3, 0.4) is 0 Å². The van der Waals surface area contributed by atoms with Crippen molar-refractivity contribution in [1.29, 1.82) is 0 Å². The number of benzene rings is 2. The van der Waals surface area contributed by atoms with Crippen molar-refractivity contribution in [1.82, 2.24) is 4.98 Å². The summed E-state index contributed by atoms with van der Waals surface area (Å²) in [5, 5.41) is 11.5. The third kappa shape index (κ3) is 8.70. The quantitative estimate of drug-likeness (QED) is 0.0920. The topological polar surface area (TPSA) is 139 Å². The Morgan fingerprint density at radius 3 is 2.47 bits per heavy atom. The molecule has 0 saturated heterocycles. The number of rotatable bonds is 13. The number of nitro benzene ring substituents is 1. The number of nitro groups is 1. The Hall–Kier alpha value is -5.16. The lowest BCUT2D eigenvalue weighted by molar-refractivity contribution is -0.384. The summed E-state index contributed by atoms with van der Waals surface area (Å²) in [6, 6.07) is 17.1. The summed E-state index contributed by atoms with van der Waals surface area (Å²) in [5.74, 6) is -1.73. The summed E-state index contributed by atoms with van der Waals surface area (Å²) in [4.78, 5) is 45.9. The first-order valence-corrected chi connectivity index (χ1v) is 14.4. The molecule has 0 saturated carbocycles. The van der Waals surface area contributed by atoms with Crippen LogP contribution in [-0.4, -0.2) is 54.0 Å². The average molecular weight is 614 g/mol. The maximum absolute atomic E-state index is 13.4. The van der Waals surface area contributed by atoms with Gasteiger partial charge in [-0.1, -0.05) is 30.3 Å². The van der Waals surface area contributed by atoms with Gasteiger partial charge >= 0.3 is 11.9 Å². The van der Waals surface area contributed by atoms with Crippen molar-refractivity contribution in [3.63, 3.8) is 0 Å². The minimum atomic E-state index is -0.946. The van der Waals surface area contributed by atoms with E-state index in [-0.39, 0.29) is 31.1 Å². The van der Waals surface area contributed by atoms with Crippen molar-refractivity contribution in [3.8, 4) is 11.5 Å². The molecule has 3 aromatic rings. The van der Waals surface area contributed by atoms with E-state index >= 15 is 0 Å². The van der Waals surface area contributed by atoms with Gasteiger partial charge in [0.05, 0.1) is 36.5 Å². The van der Waals surface area contributed by atoms with E-state index in [0.717, 1.165) is 11.1 Å². The second-order valence-electron chi connectivity index (χ2n) is 10.4. The Labute approximate surface area is 261 Å². The number of nitrogens with zero attached hydrogens (tertiary/aromatic N) is 3. The fourth-order valence-corrected chi connectivity index (χ4v) is 5.04. The zero-order chi connectivity index (χ0) is 32.3. The lowest BCUT2D eigenvalue weighted by Gasteiger charge is -2.31. The molecule has 234 valence electrons. The van der Waals surface area contributed by atoms with Gasteiger partial charge < -0.3 is 18.9 Å². The molecule has 1 aromatic heterocycles. The van der Waals surface area contributed by atoms with E-state index in [2.05, 4.69) is 9.98 Å². The first-order valence-electron chi connectivity index (χ1n) is 14.4. The summed E-state index contributed by atoms with van der Waals surface area (Å²) in [6.45, 7) is 7.46. The van der Waals surface area contributed by atoms with Crippen LogP contribution in [0.25, 0.3) is 6.08 Å². The summed E-state index contributed by atoms with van der Waals surface area (Å²) in [5.41, 5.74) is 3.14. The number of carbonyl (C=O) groups excluding carboxylic acids is 2. The number of aliphatic imine (C=N–C) groups is 1. The molecule has 0 radical (unpaired) electrons. The van der Waals surface area contributed by atoms with Crippen molar-refractivity contribution >= 4 is 29.4 Å². The summed E-state index contributed by atoms with van der Waals surface area (Å²) >= 11 is 0. The molecule has 0 fully saturated rings. The number of aromatic nitrogens is 1. The van der Waals surface area contributed by atoms with Crippen LogP contribution >= 0.6 is 0 Å². The molecular formula is C34H35N3O8. The van der Waals surface area contributed by atoms with Gasteiger partial charge in [0.15, 0.2) is 0 Å². The summed E-state index contributed by atoms with van der Waals surface area (Å²) < 4.78 is 22.3. The van der Waals surface area contributed by atoms with Gasteiger partial charge in [0.1, 0.15) is 24.0 Å². The Bertz CT molecular complexity index is 1610. The van der Waals surface area contributed by atoms with Gasteiger partial charge in [0, 0.05) is 35.7 Å². The van der Waals surface area contributed by atoms with Gasteiger partial charge in [-0.05, 0) is 68.7 Å². The SMILES string of the molecule is CCOC(=O)C1C(C)=NC(C)=C(C(=O)OCCOCC(C)=Cc2ccc(Oc3cccnc3)cc2)C1c1cccc([N+](=O)[O-])c1. The first kappa shape index (κ1) is 32.7. The van der Waals surface area contributed by atoms with Crippen LogP contribution in [0.4, 0.5) is 5.69 Å². The monoisotopic (exact) mass is 613 g/mol. The number of non-ortho nitro benzene ring substituents is 1. The Morgan fingerprint density at radius 1 is 1.00 bits per heavy atom. The molecule has 11 heteroatoms. The van der Waals surface area contributed by atoms with Crippen LogP contribution in [0.1, 0.15) is 44.7 Å². The Morgan fingerprint density at radius 2 is 1.78 bits per heavy atom. The van der Waals surface area contributed by atoms with Crippen molar-refractivity contribution in [2.24, 2.45) is 10.9 Å². The van der Waals surface area contributed by atoms with Crippen LogP contribution in [0.15, 0.2) is 94.9 Å². The maximum atomic E-state index is 13.4. The van der Waals surface area contributed by atoms with Crippen molar-refractivity contribution in [2.75, 3.05) is 26.4 Å². The number of hydrogen-bond donors (Lipinski definition) is 0. The zero-order valence-electron chi connectivity index (χ0n) is 25.6. The van der Waals surface area contributed by atoms with E-state index in [9.17, 15) is 19.7 Å². The van der Waals surface area contributed by atoms with Gasteiger partial charge in [0.25, 0.3) is 5.69 Å². The molecule has 0 aliphatic carbocycles. The third-order valence-electron chi connectivity index (χ3n) is 6.98. The molecule has 45 heavy (non-hydrogen) atoms. The van der Waals surface area contributed by atoms with Crippen LogP contribution in [0, 0.1) is 16.0 Å². The number of pyridine rings is 1. The van der Waals surface area contributed by atoms with Crippen LogP contribution < -0.4 is 4.74 Å². The highest BCUT2D eigenvalue weighted by Crippen LogP contribution is 2.41. The predicted octanol–water partition coefficient (Wildman–Crippen LogP) is 6.46. The standard InChI is InChI=1S/C34H35N3O8/c1-5-43-33(38)30-23(3)36-24(4)31(32(30)26-8-6-9-27(19-26)37(40)41)34(39)44-17-16-42-21-22(2)18-25-11-13-28(14-12-25)45-29-10-7-15-35-20-29/h6-15,18-20,30,32H,5,16-17,21H2,1-4H3. The zero-order valence-corrected chi connectivity index (χ0v) is 25.6. The number of hydrogen-bond acceptors (Lipinski definition) is 10. The molecule has 0 bridgehead atoms. The first-order chi connectivity index (χ1) is 21.7. The number of allylic oxidation sites excluding steroid dienone is 1. The third-order valence-corrected chi connectivity index (χ3v) is 6.98. The molecule has 1 aliphatic heterocycles. The summed E-state index contributed by atoms with van der Waals surface area (Å²) in [6.07, 6.45) is 5.31. The molecule has 1 aliphatic rings. The fourth-order valence-electron chi connectivity index (χ4n) is 5.04. The Balaban J connectivity index is 1.37. The van der Waals surface area contributed by atoms with Crippen LogP contribution in [-0.2, 0) is 23.8 Å². The second kappa shape index (κ2) is 15.5. The minimum Gasteiger partial charge on any atom is -0.465 e. The van der Waals surface area contributed by atoms with Crippen LogP contribution in [0.5, 0.6) is 11.5 Å². The van der Waals surface area contributed by atoms with Gasteiger partial charge in [-0.25, -0.2) is 4.79 Å². The smallest absolute Gasteiger partial charge is 0.336 e. The lowest BCUT2D eigenvalue weighted by Crippen LogP contribution is -2.36. The van der Waals surface area contributed by atoms with E-state index in [1.165, 1.54) is 18.2 Å². The average Bonchev–Trinajstić information content (AvgIpc) is 3.02. The van der Waals surface area contributed by atoms with Crippen molar-refractivity contribution in [3.05, 3.63) is 111 Å². The highest BCUT2D eigenvalue weighted by molar-refractivity contribution is 6.07. The van der Waals surface area contributed by atoms with Crippen LogP contribution in [0.2, 0.25) is 0 Å². The molecule has 11 nitrogen and oxygen atoms in total. The van der Waals surface area contributed by atoms with Crippen molar-refractivity contribution in [2.45, 2.75) is 33.6 Å². The van der Waals surface area contributed by atoms with Gasteiger partial charge in [-0.3, -0.25) is 24.9 Å². The molecule has 2 unspecified atom stereocenters. The maximum Gasteiger partial charge on any atom is 0.336 e. The lowest BCUT2D eigenvalue weighted by atomic mass is 9.75. The molecule has 2 heterocycles. The summed E-state index contributed by atoms with van der Waals surface area (Å²) in [7, 11) is 0. The normalized spacial score (nSPS) is 16.5. The van der Waals surface area contributed by atoms with Crippen molar-refractivity contribution < 1.29 is 33.5 Å². The van der Waals surface area contributed by atoms with E-state index in [1.807, 2.05) is 43.3 Å². The number of ether oxygens (including phenoxy) is 4. The minimum absolute atomic E-state index is 0.0439. The molecule has 0 amide bonds. The van der Waals surface area contributed by atoms with E-state index in [1.54, 1.807) is 45.3 Å². The highest BCUT2D eigenvalue weighted by Gasteiger charge is 2.42.